The summed E-state index contributed by atoms with van der Waals surface area (Å²) in [7, 11) is 0. The number of fused-ring (bicyclic) bond motifs is 1. The average molecular weight is 319 g/mol. The second-order valence-corrected chi connectivity index (χ2v) is 5.26. The summed E-state index contributed by atoms with van der Waals surface area (Å²) in [5.41, 5.74) is 1.81. The molecular formula is C16H15ClN2O3. The van der Waals surface area contributed by atoms with E-state index >= 15 is 0 Å². The monoisotopic (exact) mass is 318 g/mol. The van der Waals surface area contributed by atoms with Crippen LogP contribution < -0.4 is 20.1 Å². The van der Waals surface area contributed by atoms with E-state index in [0.717, 1.165) is 17.0 Å². The fourth-order valence-electron chi connectivity index (χ4n) is 2.05. The second kappa shape index (κ2) is 6.58. The molecule has 0 aliphatic carbocycles. The summed E-state index contributed by atoms with van der Waals surface area (Å²) in [6, 6.07) is 12.8. The number of ether oxygens (including phenoxy) is 2. The van der Waals surface area contributed by atoms with Gasteiger partial charge in [-0.05, 0) is 29.8 Å². The van der Waals surface area contributed by atoms with Crippen LogP contribution in [0.3, 0.4) is 0 Å². The van der Waals surface area contributed by atoms with Crippen LogP contribution in [0, 0.1) is 0 Å². The number of hydrogen-bond donors (Lipinski definition) is 2. The smallest absolute Gasteiger partial charge is 0.239 e. The lowest BCUT2D eigenvalue weighted by molar-refractivity contribution is -0.119. The highest BCUT2D eigenvalue weighted by atomic mass is 35.5. The Morgan fingerprint density at radius 1 is 1.09 bits per heavy atom. The molecule has 0 aromatic heterocycles. The minimum atomic E-state index is -0.0902. The van der Waals surface area contributed by atoms with Crippen molar-refractivity contribution in [2.45, 2.75) is 6.54 Å². The Hall–Kier alpha value is -2.40. The minimum absolute atomic E-state index is 0.0902. The molecule has 0 saturated carbocycles. The van der Waals surface area contributed by atoms with Gasteiger partial charge in [-0.25, -0.2) is 0 Å². The van der Waals surface area contributed by atoms with Crippen LogP contribution >= 0.6 is 11.6 Å². The van der Waals surface area contributed by atoms with Crippen LogP contribution in [0.25, 0.3) is 0 Å². The van der Waals surface area contributed by atoms with Gasteiger partial charge in [-0.3, -0.25) is 4.79 Å². The first kappa shape index (κ1) is 14.5. The molecule has 0 fully saturated rings. The highest BCUT2D eigenvalue weighted by Crippen LogP contribution is 2.34. The Kier molecular flexibility index (Phi) is 4.34. The van der Waals surface area contributed by atoms with Gasteiger partial charge >= 0.3 is 0 Å². The Labute approximate surface area is 133 Å². The molecule has 2 N–H and O–H groups in total. The third kappa shape index (κ3) is 3.62. The van der Waals surface area contributed by atoms with E-state index in [1.54, 1.807) is 12.1 Å². The number of hydrogen-bond acceptors (Lipinski definition) is 4. The predicted octanol–water partition coefficient (Wildman–Crippen LogP) is 2.80. The molecule has 0 radical (unpaired) electrons. The van der Waals surface area contributed by atoms with Crippen LogP contribution in [-0.4, -0.2) is 19.2 Å². The van der Waals surface area contributed by atoms with Crippen molar-refractivity contribution < 1.29 is 14.3 Å². The molecule has 1 aliphatic heterocycles. The lowest BCUT2D eigenvalue weighted by atomic mass is 10.2. The van der Waals surface area contributed by atoms with Crippen molar-refractivity contribution in [3.05, 3.63) is 53.1 Å². The maximum absolute atomic E-state index is 11.8. The summed E-state index contributed by atoms with van der Waals surface area (Å²) >= 11 is 5.82. The molecule has 0 bridgehead atoms. The largest absolute Gasteiger partial charge is 0.454 e. The number of anilines is 1. The summed E-state index contributed by atoms with van der Waals surface area (Å²) in [5, 5.41) is 6.57. The molecule has 0 atom stereocenters. The molecule has 22 heavy (non-hydrogen) atoms. The summed E-state index contributed by atoms with van der Waals surface area (Å²) in [5.74, 6) is 1.32. The number of carbonyl (C=O) groups excluding carboxylic acids is 1. The normalized spacial score (nSPS) is 12.0. The highest BCUT2D eigenvalue weighted by Gasteiger charge is 2.13. The van der Waals surface area contributed by atoms with Gasteiger partial charge in [-0.1, -0.05) is 23.7 Å². The summed E-state index contributed by atoms with van der Waals surface area (Å²) < 4.78 is 10.5. The van der Waals surface area contributed by atoms with Gasteiger partial charge in [-0.2, -0.15) is 0 Å². The maximum Gasteiger partial charge on any atom is 0.239 e. The van der Waals surface area contributed by atoms with E-state index in [2.05, 4.69) is 10.6 Å². The minimum Gasteiger partial charge on any atom is -0.454 e. The Morgan fingerprint density at radius 2 is 1.86 bits per heavy atom. The van der Waals surface area contributed by atoms with Gasteiger partial charge in [-0.15, -0.1) is 0 Å². The molecule has 1 aliphatic rings. The zero-order valence-corrected chi connectivity index (χ0v) is 12.5. The molecule has 2 aromatic rings. The van der Waals surface area contributed by atoms with E-state index < -0.39 is 0 Å². The number of benzene rings is 2. The lowest BCUT2D eigenvalue weighted by Crippen LogP contribution is -2.29. The topological polar surface area (TPSA) is 59.6 Å². The van der Waals surface area contributed by atoms with Gasteiger partial charge in [0.2, 0.25) is 12.7 Å². The summed E-state index contributed by atoms with van der Waals surface area (Å²) in [6.07, 6.45) is 0. The molecule has 6 heteroatoms. The zero-order chi connectivity index (χ0) is 15.4. The SMILES string of the molecule is O=C(CNc1ccc2c(c1)OCO2)NCc1ccc(Cl)cc1. The first-order valence-corrected chi connectivity index (χ1v) is 7.23. The molecule has 1 amide bonds. The second-order valence-electron chi connectivity index (χ2n) is 4.82. The molecule has 114 valence electrons. The van der Waals surface area contributed by atoms with E-state index in [4.69, 9.17) is 21.1 Å². The van der Waals surface area contributed by atoms with Gasteiger partial charge in [0.1, 0.15) is 0 Å². The number of nitrogens with one attached hydrogen (secondary N) is 2. The standard InChI is InChI=1S/C16H15ClN2O3/c17-12-3-1-11(2-4-12)8-19-16(20)9-18-13-5-6-14-15(7-13)22-10-21-14/h1-7,18H,8-10H2,(H,19,20). The predicted molar refractivity (Wildman–Crippen MR) is 84.4 cm³/mol. The molecule has 5 nitrogen and oxygen atoms in total. The van der Waals surface area contributed by atoms with Crippen molar-refractivity contribution in [3.63, 3.8) is 0 Å². The Balaban J connectivity index is 1.47. The fraction of sp³-hybridized carbons (Fsp3) is 0.188. The van der Waals surface area contributed by atoms with Gasteiger partial charge in [0, 0.05) is 23.3 Å². The van der Waals surface area contributed by atoms with Crippen LogP contribution in [0.4, 0.5) is 5.69 Å². The Morgan fingerprint density at radius 3 is 2.68 bits per heavy atom. The third-order valence-electron chi connectivity index (χ3n) is 3.23. The van der Waals surface area contributed by atoms with Crippen molar-refractivity contribution in [2.75, 3.05) is 18.7 Å². The van der Waals surface area contributed by atoms with Crippen LogP contribution in [-0.2, 0) is 11.3 Å². The van der Waals surface area contributed by atoms with Crippen molar-refractivity contribution in [1.29, 1.82) is 0 Å². The number of rotatable bonds is 5. The molecule has 0 unspecified atom stereocenters. The van der Waals surface area contributed by atoms with Gasteiger partial charge in [0.05, 0.1) is 6.54 Å². The first-order valence-electron chi connectivity index (χ1n) is 6.85. The fourth-order valence-corrected chi connectivity index (χ4v) is 2.18. The van der Waals surface area contributed by atoms with Crippen molar-refractivity contribution >= 4 is 23.2 Å². The lowest BCUT2D eigenvalue weighted by Gasteiger charge is -2.08. The molecule has 3 rings (SSSR count). The zero-order valence-electron chi connectivity index (χ0n) is 11.8. The highest BCUT2D eigenvalue weighted by molar-refractivity contribution is 6.30. The van der Waals surface area contributed by atoms with Gasteiger partial charge in [0.25, 0.3) is 0 Å². The average Bonchev–Trinajstić information content (AvgIpc) is 3.00. The van der Waals surface area contributed by atoms with E-state index in [-0.39, 0.29) is 19.2 Å². The van der Waals surface area contributed by atoms with Crippen LogP contribution in [0.1, 0.15) is 5.56 Å². The molecule has 0 saturated heterocycles. The maximum atomic E-state index is 11.8. The van der Waals surface area contributed by atoms with E-state index in [0.29, 0.717) is 17.3 Å². The van der Waals surface area contributed by atoms with Crippen LogP contribution in [0.5, 0.6) is 11.5 Å². The van der Waals surface area contributed by atoms with E-state index in [1.165, 1.54) is 0 Å². The van der Waals surface area contributed by atoms with Gasteiger partial charge < -0.3 is 20.1 Å². The van der Waals surface area contributed by atoms with E-state index in [9.17, 15) is 4.79 Å². The Bertz CT molecular complexity index is 674. The van der Waals surface area contributed by atoms with Crippen molar-refractivity contribution in [3.8, 4) is 11.5 Å². The number of halogens is 1. The number of carbonyl (C=O) groups is 1. The molecule has 0 spiro atoms. The molecule has 2 aromatic carbocycles. The van der Waals surface area contributed by atoms with Gasteiger partial charge in [0.15, 0.2) is 11.5 Å². The molecular weight excluding hydrogens is 304 g/mol. The molecule has 1 heterocycles. The van der Waals surface area contributed by atoms with E-state index in [1.807, 2.05) is 30.3 Å². The van der Waals surface area contributed by atoms with Crippen molar-refractivity contribution in [2.24, 2.45) is 0 Å². The first-order chi connectivity index (χ1) is 10.7. The quantitative estimate of drug-likeness (QED) is 0.890. The van der Waals surface area contributed by atoms with Crippen LogP contribution in [0.15, 0.2) is 42.5 Å². The summed E-state index contributed by atoms with van der Waals surface area (Å²) in [6.45, 7) is 0.895. The van der Waals surface area contributed by atoms with Crippen LogP contribution in [0.2, 0.25) is 5.02 Å². The third-order valence-corrected chi connectivity index (χ3v) is 3.48. The summed E-state index contributed by atoms with van der Waals surface area (Å²) in [4.78, 5) is 11.8. The number of amides is 1. The van der Waals surface area contributed by atoms with Crippen molar-refractivity contribution in [1.82, 2.24) is 5.32 Å².